The fourth-order valence-electron chi connectivity index (χ4n) is 0.125. The first-order valence-electron chi connectivity index (χ1n) is 1.87. The minimum absolute atomic E-state index is 0.306. The van der Waals surface area contributed by atoms with Gasteiger partial charge in [-0.25, -0.2) is 4.99 Å². The van der Waals surface area contributed by atoms with Gasteiger partial charge in [-0.2, -0.15) is 0 Å². The molecule has 0 rings (SSSR count). The summed E-state index contributed by atoms with van der Waals surface area (Å²) in [4.78, 5) is 3.37. The van der Waals surface area contributed by atoms with Gasteiger partial charge in [0.2, 0.25) is 0 Å². The highest BCUT2D eigenvalue weighted by molar-refractivity contribution is 5.28. The topological polar surface area (TPSA) is 64.4 Å². The smallest absolute Gasteiger partial charge is 0.141 e. The van der Waals surface area contributed by atoms with E-state index in [-0.39, 0.29) is 0 Å². The molecule has 4 N–H and O–H groups in total. The van der Waals surface area contributed by atoms with Gasteiger partial charge >= 0.3 is 0 Å². The maximum Gasteiger partial charge on any atom is 0.141 e. The van der Waals surface area contributed by atoms with Crippen LogP contribution < -0.4 is 11.5 Å². The first kappa shape index (κ1) is 6.01. The van der Waals surface area contributed by atoms with Crippen LogP contribution in [0.1, 0.15) is 6.92 Å². The zero-order valence-electron chi connectivity index (χ0n) is 4.31. The Kier molecular flexibility index (Phi) is 1.91. The summed E-state index contributed by atoms with van der Waals surface area (Å²) in [6.45, 7) is 4.84. The lowest BCUT2D eigenvalue weighted by Gasteiger charge is -1.90. The molecule has 0 fully saturated rings. The molecule has 3 nitrogen and oxygen atoms in total. The predicted molar refractivity (Wildman–Crippen MR) is 30.6 cm³/mol. The molecule has 0 unspecified atom stereocenters. The van der Waals surface area contributed by atoms with Crippen molar-refractivity contribution >= 4 is 6.72 Å². The molecule has 0 aliphatic carbocycles. The van der Waals surface area contributed by atoms with Crippen molar-refractivity contribution in [1.29, 1.82) is 0 Å². The molecule has 0 aromatic heterocycles. The molecule has 0 spiro atoms. The van der Waals surface area contributed by atoms with Crippen molar-refractivity contribution in [2.75, 3.05) is 0 Å². The summed E-state index contributed by atoms with van der Waals surface area (Å²) in [7, 11) is 0. The Balaban J connectivity index is 3.98. The van der Waals surface area contributed by atoms with Gasteiger partial charge in [-0.05, 0) is 13.6 Å². The molecule has 0 radical (unpaired) electrons. The summed E-state index contributed by atoms with van der Waals surface area (Å²) < 4.78 is 0. The van der Waals surface area contributed by atoms with Gasteiger partial charge in [-0.1, -0.05) is 0 Å². The standard InChI is InChI=1S/C4H9N3/c1-3(5)4(6)7-2/h2,5-6H2,1H3/b4-3+. The van der Waals surface area contributed by atoms with E-state index in [1.807, 2.05) is 0 Å². The predicted octanol–water partition coefficient (Wildman–Crippen LogP) is -0.207. The van der Waals surface area contributed by atoms with Crippen molar-refractivity contribution in [3.8, 4) is 0 Å². The third-order valence-corrected chi connectivity index (χ3v) is 0.574. The number of nitrogens with zero attached hydrogens (tertiary/aromatic N) is 1. The molecule has 7 heavy (non-hydrogen) atoms. The molecule has 0 atom stereocenters. The molecule has 0 aromatic carbocycles. The average Bonchev–Trinajstić information content (AvgIpc) is 1.65. The molecule has 0 heterocycles. The number of hydrogen-bond donors (Lipinski definition) is 2. The quantitative estimate of drug-likeness (QED) is 0.447. The third kappa shape index (κ3) is 1.81. The molecule has 0 aromatic rings. The van der Waals surface area contributed by atoms with E-state index in [0.717, 1.165) is 0 Å². The second-order valence-electron chi connectivity index (χ2n) is 1.23. The summed E-state index contributed by atoms with van der Waals surface area (Å²) in [5, 5.41) is 0. The van der Waals surface area contributed by atoms with Crippen LogP contribution in [0.3, 0.4) is 0 Å². The second-order valence-corrected chi connectivity index (χ2v) is 1.23. The largest absolute Gasteiger partial charge is 0.399 e. The summed E-state index contributed by atoms with van der Waals surface area (Å²) in [6, 6.07) is 0. The van der Waals surface area contributed by atoms with Gasteiger partial charge in [-0.3, -0.25) is 0 Å². The Morgan fingerprint density at radius 3 is 2.00 bits per heavy atom. The number of allylic oxidation sites excluding steroid dienone is 1. The molecule has 3 heteroatoms. The van der Waals surface area contributed by atoms with Crippen molar-refractivity contribution in [3.05, 3.63) is 11.5 Å². The van der Waals surface area contributed by atoms with Crippen molar-refractivity contribution in [3.63, 3.8) is 0 Å². The van der Waals surface area contributed by atoms with Crippen LogP contribution in [-0.4, -0.2) is 6.72 Å². The molecule has 0 aliphatic heterocycles. The van der Waals surface area contributed by atoms with Crippen LogP contribution in [-0.2, 0) is 0 Å². The van der Waals surface area contributed by atoms with Crippen LogP contribution in [0.5, 0.6) is 0 Å². The number of hydrogen-bond acceptors (Lipinski definition) is 3. The van der Waals surface area contributed by atoms with Crippen LogP contribution in [0.4, 0.5) is 0 Å². The molecular formula is C4H9N3. The molecule has 0 amide bonds. The highest BCUT2D eigenvalue weighted by Gasteiger charge is 1.81. The van der Waals surface area contributed by atoms with Gasteiger partial charge in [0.1, 0.15) is 5.82 Å². The van der Waals surface area contributed by atoms with Crippen LogP contribution in [0.15, 0.2) is 16.5 Å². The first-order valence-corrected chi connectivity index (χ1v) is 1.87. The lowest BCUT2D eigenvalue weighted by molar-refractivity contribution is 1.13. The van der Waals surface area contributed by atoms with E-state index in [0.29, 0.717) is 11.5 Å². The van der Waals surface area contributed by atoms with E-state index in [2.05, 4.69) is 11.7 Å². The summed E-state index contributed by atoms with van der Waals surface area (Å²) >= 11 is 0. The lowest BCUT2D eigenvalue weighted by Crippen LogP contribution is -2.03. The van der Waals surface area contributed by atoms with E-state index in [1.165, 1.54) is 0 Å². The van der Waals surface area contributed by atoms with Crippen LogP contribution in [0.25, 0.3) is 0 Å². The normalized spacial score (nSPS) is 12.7. The highest BCUT2D eigenvalue weighted by Crippen LogP contribution is 1.86. The zero-order valence-corrected chi connectivity index (χ0v) is 4.31. The third-order valence-electron chi connectivity index (χ3n) is 0.574. The zero-order chi connectivity index (χ0) is 5.86. The molecule has 40 valence electrons. The first-order chi connectivity index (χ1) is 3.18. The monoisotopic (exact) mass is 99.1 g/mol. The lowest BCUT2D eigenvalue weighted by atomic mass is 10.5. The molecule has 0 aliphatic rings. The molecule has 0 saturated heterocycles. The van der Waals surface area contributed by atoms with Gasteiger partial charge in [0.05, 0.1) is 0 Å². The van der Waals surface area contributed by atoms with Gasteiger partial charge in [0, 0.05) is 5.70 Å². The van der Waals surface area contributed by atoms with E-state index >= 15 is 0 Å². The van der Waals surface area contributed by atoms with Crippen molar-refractivity contribution in [2.45, 2.75) is 6.92 Å². The number of nitrogens with two attached hydrogens (primary N) is 2. The van der Waals surface area contributed by atoms with E-state index in [4.69, 9.17) is 11.5 Å². The van der Waals surface area contributed by atoms with E-state index in [1.54, 1.807) is 6.92 Å². The Morgan fingerprint density at radius 2 is 2.00 bits per heavy atom. The molecule has 0 bridgehead atoms. The fourth-order valence-corrected chi connectivity index (χ4v) is 0.125. The van der Waals surface area contributed by atoms with Gasteiger partial charge in [0.15, 0.2) is 0 Å². The van der Waals surface area contributed by atoms with Gasteiger partial charge in [-0.15, -0.1) is 0 Å². The van der Waals surface area contributed by atoms with Gasteiger partial charge < -0.3 is 11.5 Å². The van der Waals surface area contributed by atoms with Crippen LogP contribution >= 0.6 is 0 Å². The van der Waals surface area contributed by atoms with E-state index < -0.39 is 0 Å². The van der Waals surface area contributed by atoms with Gasteiger partial charge in [0.25, 0.3) is 0 Å². The Hall–Kier alpha value is -0.990. The summed E-state index contributed by atoms with van der Waals surface area (Å²) in [6.07, 6.45) is 0. The van der Waals surface area contributed by atoms with Crippen LogP contribution in [0, 0.1) is 0 Å². The number of rotatable bonds is 1. The van der Waals surface area contributed by atoms with Crippen molar-refractivity contribution in [2.24, 2.45) is 16.5 Å². The van der Waals surface area contributed by atoms with Crippen molar-refractivity contribution < 1.29 is 0 Å². The molecule has 0 saturated carbocycles. The van der Waals surface area contributed by atoms with E-state index in [9.17, 15) is 0 Å². The van der Waals surface area contributed by atoms with Crippen LogP contribution in [0.2, 0.25) is 0 Å². The second kappa shape index (κ2) is 2.23. The highest BCUT2D eigenvalue weighted by atomic mass is 14.9. The summed E-state index contributed by atoms with van der Waals surface area (Å²) in [5.41, 5.74) is 10.8. The van der Waals surface area contributed by atoms with Crippen molar-refractivity contribution in [1.82, 2.24) is 0 Å². The SMILES string of the molecule is C=N/C(N)=C(\C)N. The summed E-state index contributed by atoms with van der Waals surface area (Å²) in [5.74, 6) is 0.306. The fraction of sp³-hybridized carbons (Fsp3) is 0.250. The average molecular weight is 99.1 g/mol. The Labute approximate surface area is 42.7 Å². The molecular weight excluding hydrogens is 90.1 g/mol. The maximum absolute atomic E-state index is 5.17. The Bertz CT molecular complexity index is 99.5. The minimum atomic E-state index is 0.306. The maximum atomic E-state index is 5.17. The number of aliphatic imine (C=N–C) groups is 1. The Morgan fingerprint density at radius 1 is 1.57 bits per heavy atom. The minimum Gasteiger partial charge on any atom is -0.399 e.